The van der Waals surface area contributed by atoms with E-state index in [9.17, 15) is 56.2 Å². The van der Waals surface area contributed by atoms with E-state index < -0.39 is 112 Å². The lowest BCUT2D eigenvalue weighted by atomic mass is 9.96. The van der Waals surface area contributed by atoms with E-state index in [4.69, 9.17) is 23.7 Å². The molecular weight excluding hydrogens is 472 g/mol. The van der Waals surface area contributed by atoms with Crippen LogP contribution in [0, 0.1) is 0 Å². The summed E-state index contributed by atoms with van der Waals surface area (Å²) in [7, 11) is 0. The van der Waals surface area contributed by atoms with Crippen LogP contribution in [0.15, 0.2) is 0 Å². The fraction of sp³-hybridized carbons (Fsp3) is 1.00. The lowest BCUT2D eigenvalue weighted by Crippen LogP contribution is -2.66. The maximum Gasteiger partial charge on any atom is 0.187 e. The van der Waals surface area contributed by atoms with Crippen molar-refractivity contribution in [1.82, 2.24) is 0 Å². The van der Waals surface area contributed by atoms with Gasteiger partial charge in [0.15, 0.2) is 18.9 Å². The van der Waals surface area contributed by atoms with E-state index in [-0.39, 0.29) is 0 Å². The molecule has 0 aromatic rings. The smallest absolute Gasteiger partial charge is 0.187 e. The van der Waals surface area contributed by atoms with Gasteiger partial charge in [-0.1, -0.05) is 0 Å². The first-order valence-corrected chi connectivity index (χ1v) is 10.6. The van der Waals surface area contributed by atoms with E-state index in [1.165, 1.54) is 0 Å². The van der Waals surface area contributed by atoms with Gasteiger partial charge < -0.3 is 79.9 Å². The highest BCUT2D eigenvalue weighted by atomic mass is 16.8. The molecule has 3 aliphatic heterocycles. The SMILES string of the molecule is OC[C@@H]1O[C@@H](O[C@H]2[C@@H](O)[C@H](O)[C@@H](O[C@H]3[C@H](O)[C@@H](O)[C@@H](O)O[C@@H]3CO)O[C@@H]2CO)[C@H](O)[C@@H](O)[C@H]1O. The number of hydrogen-bond donors (Lipinski definition) is 11. The molecule has 0 aromatic carbocycles. The molecule has 0 aliphatic carbocycles. The standard InChI is InChI=1S/C18H32O16/c19-1-4-7(22)8(23)12(27)17(31-4)34-15-6(3-21)32-18(13(28)10(15)25)33-14-5(2-20)30-16(29)11(26)9(14)24/h4-29H,1-3H2/t4-,5+,6+,7-,8-,9+,10-,11+,12+,13-,14+,15+,16-,17-,18+/m0/s1. The molecule has 0 aromatic heterocycles. The Morgan fingerprint density at radius 3 is 1.35 bits per heavy atom. The second-order valence-corrected chi connectivity index (χ2v) is 8.33. The van der Waals surface area contributed by atoms with E-state index in [1.54, 1.807) is 0 Å². The summed E-state index contributed by atoms with van der Waals surface area (Å²) in [6.45, 7) is -2.32. The van der Waals surface area contributed by atoms with E-state index >= 15 is 0 Å². The van der Waals surface area contributed by atoms with Crippen molar-refractivity contribution in [2.45, 2.75) is 92.1 Å². The number of aliphatic hydroxyl groups excluding tert-OH is 11. The topological polar surface area (TPSA) is 269 Å². The molecule has 16 heteroatoms. The Labute approximate surface area is 192 Å². The summed E-state index contributed by atoms with van der Waals surface area (Å²) in [5.74, 6) is 0. The van der Waals surface area contributed by atoms with Gasteiger partial charge in [-0.05, 0) is 0 Å². The first-order valence-electron chi connectivity index (χ1n) is 10.6. The molecule has 0 amide bonds. The van der Waals surface area contributed by atoms with Crippen LogP contribution in [0.3, 0.4) is 0 Å². The average Bonchev–Trinajstić information content (AvgIpc) is 2.83. The molecule has 16 nitrogen and oxygen atoms in total. The van der Waals surface area contributed by atoms with Crippen molar-refractivity contribution in [1.29, 1.82) is 0 Å². The molecule has 0 bridgehead atoms. The van der Waals surface area contributed by atoms with Crippen LogP contribution >= 0.6 is 0 Å². The molecule has 0 unspecified atom stereocenters. The maximum atomic E-state index is 10.6. The van der Waals surface area contributed by atoms with Gasteiger partial charge in [0.2, 0.25) is 0 Å². The zero-order valence-electron chi connectivity index (χ0n) is 17.7. The molecular formula is C18H32O16. The largest absolute Gasteiger partial charge is 0.394 e. The van der Waals surface area contributed by atoms with Gasteiger partial charge in [0.1, 0.15) is 73.2 Å². The quantitative estimate of drug-likeness (QED) is 0.154. The van der Waals surface area contributed by atoms with Gasteiger partial charge in [-0.25, -0.2) is 0 Å². The van der Waals surface area contributed by atoms with Crippen molar-refractivity contribution in [3.8, 4) is 0 Å². The van der Waals surface area contributed by atoms with E-state index in [0.29, 0.717) is 0 Å². The zero-order valence-corrected chi connectivity index (χ0v) is 17.7. The third kappa shape index (κ3) is 5.37. The Morgan fingerprint density at radius 1 is 0.441 bits per heavy atom. The Morgan fingerprint density at radius 2 is 0.853 bits per heavy atom. The number of ether oxygens (including phenoxy) is 5. The van der Waals surface area contributed by atoms with Gasteiger partial charge in [0.25, 0.3) is 0 Å². The Bertz CT molecular complexity index is 635. The van der Waals surface area contributed by atoms with Crippen LogP contribution in [0.25, 0.3) is 0 Å². The van der Waals surface area contributed by atoms with Crippen molar-refractivity contribution in [3.63, 3.8) is 0 Å². The predicted octanol–water partition coefficient (Wildman–Crippen LogP) is -7.57. The molecule has 0 radical (unpaired) electrons. The molecule has 3 aliphatic rings. The Hall–Kier alpha value is -0.640. The lowest BCUT2D eigenvalue weighted by molar-refractivity contribution is -0.377. The summed E-state index contributed by atoms with van der Waals surface area (Å²) in [5, 5.41) is 109. The minimum Gasteiger partial charge on any atom is -0.394 e. The van der Waals surface area contributed by atoms with Crippen LogP contribution in [0.5, 0.6) is 0 Å². The third-order valence-electron chi connectivity index (χ3n) is 6.09. The van der Waals surface area contributed by atoms with Crippen molar-refractivity contribution in [2.24, 2.45) is 0 Å². The zero-order chi connectivity index (χ0) is 25.3. The minimum atomic E-state index is -1.91. The molecule has 15 atom stereocenters. The maximum absolute atomic E-state index is 10.6. The lowest BCUT2D eigenvalue weighted by Gasteiger charge is -2.47. The normalized spacial score (nSPS) is 52.5. The van der Waals surface area contributed by atoms with Gasteiger partial charge in [-0.15, -0.1) is 0 Å². The van der Waals surface area contributed by atoms with Gasteiger partial charge in [-0.2, -0.15) is 0 Å². The first-order chi connectivity index (χ1) is 16.0. The van der Waals surface area contributed by atoms with Crippen LogP contribution in [-0.4, -0.2) is 168 Å². The summed E-state index contributed by atoms with van der Waals surface area (Å²) in [5.41, 5.74) is 0. The highest BCUT2D eigenvalue weighted by Crippen LogP contribution is 2.32. The summed E-state index contributed by atoms with van der Waals surface area (Å²) in [6.07, 6.45) is -25.1. The Kier molecular flexibility index (Phi) is 9.54. The summed E-state index contributed by atoms with van der Waals surface area (Å²) < 4.78 is 26.4. The fourth-order valence-electron chi connectivity index (χ4n) is 4.06. The monoisotopic (exact) mass is 504 g/mol. The first kappa shape index (κ1) is 27.9. The van der Waals surface area contributed by atoms with E-state index in [1.807, 2.05) is 0 Å². The highest BCUT2D eigenvalue weighted by Gasteiger charge is 2.53. The molecule has 200 valence electrons. The van der Waals surface area contributed by atoms with Crippen LogP contribution < -0.4 is 0 Å². The number of rotatable bonds is 7. The second kappa shape index (κ2) is 11.6. The van der Waals surface area contributed by atoms with Gasteiger partial charge in [-0.3, -0.25) is 0 Å². The van der Waals surface area contributed by atoms with Crippen molar-refractivity contribution in [3.05, 3.63) is 0 Å². The molecule has 0 spiro atoms. The van der Waals surface area contributed by atoms with Crippen LogP contribution in [0.4, 0.5) is 0 Å². The van der Waals surface area contributed by atoms with Crippen molar-refractivity contribution >= 4 is 0 Å². The predicted molar refractivity (Wildman–Crippen MR) is 101 cm³/mol. The summed E-state index contributed by atoms with van der Waals surface area (Å²) in [6, 6.07) is 0. The van der Waals surface area contributed by atoms with Crippen molar-refractivity contribution in [2.75, 3.05) is 19.8 Å². The van der Waals surface area contributed by atoms with Gasteiger partial charge in [0.05, 0.1) is 19.8 Å². The number of hydrogen-bond acceptors (Lipinski definition) is 16. The van der Waals surface area contributed by atoms with E-state index in [0.717, 1.165) is 0 Å². The molecule has 3 saturated heterocycles. The second-order valence-electron chi connectivity index (χ2n) is 8.33. The number of aliphatic hydroxyl groups is 11. The fourth-order valence-corrected chi connectivity index (χ4v) is 4.06. The van der Waals surface area contributed by atoms with Gasteiger partial charge >= 0.3 is 0 Å². The van der Waals surface area contributed by atoms with Crippen molar-refractivity contribution < 1.29 is 79.9 Å². The molecule has 3 fully saturated rings. The molecule has 11 N–H and O–H groups in total. The molecule has 3 heterocycles. The van der Waals surface area contributed by atoms with E-state index in [2.05, 4.69) is 0 Å². The van der Waals surface area contributed by atoms with Crippen LogP contribution in [-0.2, 0) is 23.7 Å². The van der Waals surface area contributed by atoms with Crippen LogP contribution in [0.2, 0.25) is 0 Å². The molecule has 34 heavy (non-hydrogen) atoms. The third-order valence-corrected chi connectivity index (χ3v) is 6.09. The summed E-state index contributed by atoms with van der Waals surface area (Å²) >= 11 is 0. The molecule has 3 rings (SSSR count). The van der Waals surface area contributed by atoms with Gasteiger partial charge in [0, 0.05) is 0 Å². The summed E-state index contributed by atoms with van der Waals surface area (Å²) in [4.78, 5) is 0. The minimum absolute atomic E-state index is 0.741. The molecule has 0 saturated carbocycles. The Balaban J connectivity index is 1.72. The van der Waals surface area contributed by atoms with Crippen LogP contribution in [0.1, 0.15) is 0 Å². The highest BCUT2D eigenvalue weighted by molar-refractivity contribution is 4.96. The average molecular weight is 504 g/mol.